The second-order valence-corrected chi connectivity index (χ2v) is 7.48. The van der Waals surface area contributed by atoms with Crippen molar-refractivity contribution in [2.75, 3.05) is 11.1 Å². The number of pyridine rings is 1. The number of fused-ring (bicyclic) bond motifs is 3. The van der Waals surface area contributed by atoms with Crippen LogP contribution >= 0.6 is 0 Å². The lowest BCUT2D eigenvalue weighted by Crippen LogP contribution is -2.30. The Hall–Kier alpha value is -3.68. The summed E-state index contributed by atoms with van der Waals surface area (Å²) in [7, 11) is 0. The molecule has 0 spiro atoms. The maximum atomic E-state index is 12.9. The van der Waals surface area contributed by atoms with Gasteiger partial charge >= 0.3 is 0 Å². The van der Waals surface area contributed by atoms with Gasteiger partial charge in [0.15, 0.2) is 11.5 Å². The van der Waals surface area contributed by atoms with E-state index in [2.05, 4.69) is 20.3 Å². The molecule has 4 heterocycles. The third kappa shape index (κ3) is 3.63. The summed E-state index contributed by atoms with van der Waals surface area (Å²) >= 11 is 0. The quantitative estimate of drug-likeness (QED) is 0.591. The van der Waals surface area contributed by atoms with Crippen LogP contribution in [0.4, 0.5) is 11.5 Å². The molecule has 1 amide bonds. The maximum absolute atomic E-state index is 12.9. The summed E-state index contributed by atoms with van der Waals surface area (Å²) in [6, 6.07) is 9.40. The van der Waals surface area contributed by atoms with Crippen LogP contribution in [0.1, 0.15) is 36.2 Å². The highest BCUT2D eigenvalue weighted by atomic mass is 16.5. The van der Waals surface area contributed by atoms with Crippen molar-refractivity contribution in [2.24, 2.45) is 0 Å². The van der Waals surface area contributed by atoms with E-state index in [9.17, 15) is 4.79 Å². The largest absolute Gasteiger partial charge is 0.490 e. The van der Waals surface area contributed by atoms with Crippen molar-refractivity contribution in [1.29, 1.82) is 0 Å². The van der Waals surface area contributed by atoms with Gasteiger partial charge in [-0.3, -0.25) is 9.78 Å². The van der Waals surface area contributed by atoms with Crippen molar-refractivity contribution in [2.45, 2.75) is 37.9 Å². The van der Waals surface area contributed by atoms with Crippen molar-refractivity contribution in [3.8, 4) is 22.8 Å². The van der Waals surface area contributed by atoms with Gasteiger partial charge in [0, 0.05) is 17.8 Å². The molecule has 0 unspecified atom stereocenters. The predicted octanol–water partition coefficient (Wildman–Crippen LogP) is 3.46. The van der Waals surface area contributed by atoms with Gasteiger partial charge in [-0.2, -0.15) is 0 Å². The zero-order valence-corrected chi connectivity index (χ0v) is 16.2. The number of ether oxygens (including phenoxy) is 2. The van der Waals surface area contributed by atoms with Crippen LogP contribution in [0.15, 0.2) is 48.9 Å². The normalized spacial score (nSPS) is 20.5. The fraction of sp³-hybridized carbons (Fsp3) is 0.273. The highest BCUT2D eigenvalue weighted by molar-refractivity contribution is 6.06. The SMILES string of the molecule is Nc1ncc2nc1C(=O)Nc1cnccc1O[C@H]1CC[C@@H](CC1)Oc1cccc-2c1. The molecule has 6 rings (SSSR count). The summed E-state index contributed by atoms with van der Waals surface area (Å²) in [6.45, 7) is 0. The first-order chi connectivity index (χ1) is 14.7. The van der Waals surface area contributed by atoms with Crippen LogP contribution in [-0.2, 0) is 0 Å². The topological polar surface area (TPSA) is 112 Å². The number of amides is 1. The van der Waals surface area contributed by atoms with Gasteiger partial charge < -0.3 is 20.5 Å². The van der Waals surface area contributed by atoms with Crippen LogP contribution in [0.2, 0.25) is 0 Å². The Morgan fingerprint density at radius 1 is 1.03 bits per heavy atom. The van der Waals surface area contributed by atoms with E-state index in [-0.39, 0.29) is 23.7 Å². The summed E-state index contributed by atoms with van der Waals surface area (Å²) in [5.41, 5.74) is 7.81. The van der Waals surface area contributed by atoms with Crippen molar-refractivity contribution < 1.29 is 14.3 Å². The van der Waals surface area contributed by atoms with Crippen LogP contribution in [-0.4, -0.2) is 33.1 Å². The van der Waals surface area contributed by atoms with Crippen molar-refractivity contribution in [3.05, 3.63) is 54.6 Å². The van der Waals surface area contributed by atoms with E-state index in [1.807, 2.05) is 24.3 Å². The molecule has 1 aliphatic carbocycles. The average Bonchev–Trinajstić information content (AvgIpc) is 2.76. The van der Waals surface area contributed by atoms with Gasteiger partial charge in [0.05, 0.1) is 30.3 Å². The molecule has 0 atom stereocenters. The van der Waals surface area contributed by atoms with Crippen LogP contribution in [0.3, 0.4) is 0 Å². The van der Waals surface area contributed by atoms with Gasteiger partial charge in [-0.1, -0.05) is 12.1 Å². The van der Waals surface area contributed by atoms with Gasteiger partial charge in [-0.05, 0) is 37.8 Å². The molecule has 0 saturated heterocycles. The molecule has 6 bridgehead atoms. The number of hydrogen-bond donors (Lipinski definition) is 2. The molecular formula is C22H21N5O3. The number of nitrogens with one attached hydrogen (secondary N) is 1. The second-order valence-electron chi connectivity index (χ2n) is 7.48. The molecule has 3 aliphatic rings. The number of carbonyl (C=O) groups excluding carboxylic acids is 1. The van der Waals surface area contributed by atoms with Gasteiger partial charge in [0.1, 0.15) is 17.2 Å². The Morgan fingerprint density at radius 2 is 1.83 bits per heavy atom. The number of benzene rings is 1. The number of aromatic nitrogens is 3. The molecule has 8 heteroatoms. The minimum atomic E-state index is -0.470. The maximum Gasteiger partial charge on any atom is 0.278 e. The summed E-state index contributed by atoms with van der Waals surface area (Å²) in [5, 5.41) is 2.82. The number of anilines is 2. The van der Waals surface area contributed by atoms with E-state index in [4.69, 9.17) is 15.2 Å². The molecule has 2 aliphatic heterocycles. The number of nitrogens with zero attached hydrogens (tertiary/aromatic N) is 3. The Labute approximate surface area is 173 Å². The van der Waals surface area contributed by atoms with Gasteiger partial charge in [-0.25, -0.2) is 9.97 Å². The fourth-order valence-corrected chi connectivity index (χ4v) is 3.83. The standard InChI is InChI=1S/C22H21N5O3/c23-21-20-22(28)27-18-11-24-9-8-19(18)30-15-6-4-14(5-7-15)29-16-3-1-2-13(10-16)17(26-20)12-25-21/h1-3,8-12,14-15H,4-7H2,(H2,23,25)(H,27,28)/t14-,15-. The summed E-state index contributed by atoms with van der Waals surface area (Å²) < 4.78 is 12.4. The third-order valence-electron chi connectivity index (χ3n) is 5.39. The molecule has 3 N–H and O–H groups in total. The van der Waals surface area contributed by atoms with Gasteiger partial charge in [0.2, 0.25) is 0 Å². The first-order valence-corrected chi connectivity index (χ1v) is 9.97. The lowest BCUT2D eigenvalue weighted by Gasteiger charge is -2.30. The highest BCUT2D eigenvalue weighted by Gasteiger charge is 2.25. The van der Waals surface area contributed by atoms with E-state index in [1.165, 1.54) is 0 Å². The molecule has 2 aromatic heterocycles. The van der Waals surface area contributed by atoms with Crippen LogP contribution in [0, 0.1) is 0 Å². The molecule has 1 saturated carbocycles. The number of hydrogen-bond acceptors (Lipinski definition) is 7. The van der Waals surface area contributed by atoms with Gasteiger partial charge in [0.25, 0.3) is 5.91 Å². The lowest BCUT2D eigenvalue weighted by atomic mass is 9.94. The molecule has 0 radical (unpaired) electrons. The Balaban J connectivity index is 1.59. The molecule has 30 heavy (non-hydrogen) atoms. The number of rotatable bonds is 0. The lowest BCUT2D eigenvalue weighted by molar-refractivity contribution is 0.0809. The van der Waals surface area contributed by atoms with E-state index in [1.54, 1.807) is 24.7 Å². The zero-order valence-electron chi connectivity index (χ0n) is 16.2. The molecule has 3 aromatic rings. The first kappa shape index (κ1) is 18.4. The minimum Gasteiger partial charge on any atom is -0.490 e. The second kappa shape index (κ2) is 7.62. The summed E-state index contributed by atoms with van der Waals surface area (Å²) in [4.78, 5) is 25.7. The molecule has 152 valence electrons. The van der Waals surface area contributed by atoms with Crippen LogP contribution in [0.5, 0.6) is 11.5 Å². The third-order valence-corrected chi connectivity index (χ3v) is 5.39. The van der Waals surface area contributed by atoms with Crippen molar-refractivity contribution in [1.82, 2.24) is 15.0 Å². The first-order valence-electron chi connectivity index (χ1n) is 9.97. The smallest absolute Gasteiger partial charge is 0.278 e. The Kier molecular flexibility index (Phi) is 4.66. The number of nitrogens with two attached hydrogens (primary N) is 1. The van der Waals surface area contributed by atoms with E-state index in [0.29, 0.717) is 17.1 Å². The van der Waals surface area contributed by atoms with Crippen molar-refractivity contribution in [3.63, 3.8) is 0 Å². The fourth-order valence-electron chi connectivity index (χ4n) is 3.83. The summed E-state index contributed by atoms with van der Waals surface area (Å²) in [5.74, 6) is 0.922. The van der Waals surface area contributed by atoms with Gasteiger partial charge in [-0.15, -0.1) is 0 Å². The highest BCUT2D eigenvalue weighted by Crippen LogP contribution is 2.32. The Morgan fingerprint density at radius 3 is 2.67 bits per heavy atom. The number of nitrogen functional groups attached to an aromatic ring is 1. The molecule has 1 aromatic carbocycles. The van der Waals surface area contributed by atoms with E-state index < -0.39 is 5.91 Å². The van der Waals surface area contributed by atoms with E-state index in [0.717, 1.165) is 37.0 Å². The molecular weight excluding hydrogens is 382 g/mol. The van der Waals surface area contributed by atoms with Crippen molar-refractivity contribution >= 4 is 17.4 Å². The Bertz CT molecular complexity index is 1100. The minimum absolute atomic E-state index is 0.0437. The average molecular weight is 403 g/mol. The zero-order chi connectivity index (χ0) is 20.5. The van der Waals surface area contributed by atoms with Crippen LogP contribution in [0.25, 0.3) is 11.3 Å². The molecule has 1 fully saturated rings. The number of carbonyl (C=O) groups is 1. The van der Waals surface area contributed by atoms with Crippen LogP contribution < -0.4 is 20.5 Å². The monoisotopic (exact) mass is 403 g/mol. The summed E-state index contributed by atoms with van der Waals surface area (Å²) in [6.07, 6.45) is 8.48. The van der Waals surface area contributed by atoms with E-state index >= 15 is 0 Å². The predicted molar refractivity (Wildman–Crippen MR) is 111 cm³/mol. The molecule has 8 nitrogen and oxygen atoms in total.